The van der Waals surface area contributed by atoms with Crippen molar-refractivity contribution in [1.82, 2.24) is 4.98 Å². The van der Waals surface area contributed by atoms with Crippen LogP contribution in [0.5, 0.6) is 0 Å². The lowest BCUT2D eigenvalue weighted by atomic mass is 10.2. The van der Waals surface area contributed by atoms with Crippen LogP contribution in [0.25, 0.3) is 11.1 Å². The Morgan fingerprint density at radius 1 is 1.59 bits per heavy atom. The minimum atomic E-state index is -0.521. The number of oxazole rings is 1. The molecule has 0 aliphatic carbocycles. The van der Waals surface area contributed by atoms with Crippen LogP contribution >= 0.6 is 15.9 Å². The van der Waals surface area contributed by atoms with Gasteiger partial charge in [0.05, 0.1) is 0 Å². The summed E-state index contributed by atoms with van der Waals surface area (Å²) in [7, 11) is 0. The topological polar surface area (TPSA) is 81.1 Å². The molecule has 0 saturated heterocycles. The fraction of sp³-hybridized carbons (Fsp3) is 0.273. The summed E-state index contributed by atoms with van der Waals surface area (Å²) in [5, 5.41) is 2.80. The lowest BCUT2D eigenvalue weighted by Crippen LogP contribution is -2.32. The molecule has 2 rings (SSSR count). The number of fused-ring (bicyclic) bond motifs is 1. The van der Waals surface area contributed by atoms with E-state index in [0.717, 1.165) is 15.6 Å². The maximum absolute atomic E-state index is 10.9. The van der Waals surface area contributed by atoms with Crippen LogP contribution in [0.4, 0.5) is 6.01 Å². The van der Waals surface area contributed by atoms with Crippen LogP contribution in [0, 0.1) is 6.92 Å². The van der Waals surface area contributed by atoms with Gasteiger partial charge in [0.1, 0.15) is 11.6 Å². The number of benzene rings is 1. The number of aryl methyl sites for hydroxylation is 1. The summed E-state index contributed by atoms with van der Waals surface area (Å²) in [6.45, 7) is 3.61. The van der Waals surface area contributed by atoms with Crippen LogP contribution in [0.1, 0.15) is 12.5 Å². The molecule has 0 radical (unpaired) electrons. The molecule has 2 aromatic rings. The molecule has 0 fully saturated rings. The van der Waals surface area contributed by atoms with E-state index in [9.17, 15) is 4.79 Å². The van der Waals surface area contributed by atoms with Gasteiger partial charge in [-0.25, -0.2) is 0 Å². The first-order valence-electron chi connectivity index (χ1n) is 5.10. The number of nitrogens with two attached hydrogens (primary N) is 1. The first kappa shape index (κ1) is 11.9. The summed E-state index contributed by atoms with van der Waals surface area (Å²) < 4.78 is 6.44. The standard InChI is InChI=1S/C11H12BrN3O2/c1-5-3-9-8(4-7(5)12)15-11(17-9)14-6(2)10(13)16/h3-4,6H,1-2H3,(H2,13,16)(H,14,15)/t6-/m0/s1. The van der Waals surface area contributed by atoms with Gasteiger partial charge >= 0.3 is 0 Å². The highest BCUT2D eigenvalue weighted by Gasteiger charge is 2.13. The Hall–Kier alpha value is -1.56. The molecule has 3 N–H and O–H groups in total. The molecule has 0 aliphatic rings. The van der Waals surface area contributed by atoms with Gasteiger partial charge < -0.3 is 15.5 Å². The van der Waals surface area contributed by atoms with Crippen molar-refractivity contribution in [3.8, 4) is 0 Å². The van der Waals surface area contributed by atoms with Gasteiger partial charge in [0.25, 0.3) is 6.01 Å². The summed E-state index contributed by atoms with van der Waals surface area (Å²) in [6, 6.07) is 3.53. The average Bonchev–Trinajstić information content (AvgIpc) is 2.60. The molecular formula is C11H12BrN3O2. The minimum absolute atomic E-state index is 0.295. The van der Waals surface area contributed by atoms with E-state index in [4.69, 9.17) is 10.2 Å². The third-order valence-corrected chi connectivity index (χ3v) is 3.29. The first-order chi connectivity index (χ1) is 7.97. The Morgan fingerprint density at radius 2 is 2.29 bits per heavy atom. The molecule has 0 spiro atoms. The van der Waals surface area contributed by atoms with Gasteiger partial charge in [-0.2, -0.15) is 4.98 Å². The van der Waals surface area contributed by atoms with Crippen LogP contribution in [0.3, 0.4) is 0 Å². The number of nitrogens with zero attached hydrogens (tertiary/aromatic N) is 1. The van der Waals surface area contributed by atoms with Crippen molar-refractivity contribution >= 4 is 39.0 Å². The third-order valence-electron chi connectivity index (χ3n) is 2.44. The van der Waals surface area contributed by atoms with Crippen molar-refractivity contribution in [3.63, 3.8) is 0 Å². The maximum Gasteiger partial charge on any atom is 0.296 e. The number of hydrogen-bond donors (Lipinski definition) is 2. The second-order valence-electron chi connectivity index (χ2n) is 3.86. The highest BCUT2D eigenvalue weighted by Crippen LogP contribution is 2.26. The molecule has 0 unspecified atom stereocenters. The van der Waals surface area contributed by atoms with Crippen molar-refractivity contribution in [3.05, 3.63) is 22.2 Å². The monoisotopic (exact) mass is 297 g/mol. The van der Waals surface area contributed by atoms with Crippen LogP contribution in [-0.4, -0.2) is 16.9 Å². The lowest BCUT2D eigenvalue weighted by Gasteiger charge is -2.05. The third kappa shape index (κ3) is 2.41. The van der Waals surface area contributed by atoms with E-state index in [0.29, 0.717) is 11.6 Å². The largest absolute Gasteiger partial charge is 0.424 e. The Kier molecular flexibility index (Phi) is 3.06. The number of carbonyl (C=O) groups excluding carboxylic acids is 1. The van der Waals surface area contributed by atoms with Gasteiger partial charge in [-0.05, 0) is 31.5 Å². The second kappa shape index (κ2) is 4.37. The van der Waals surface area contributed by atoms with Crippen LogP contribution in [0.15, 0.2) is 21.0 Å². The Balaban J connectivity index is 2.35. The van der Waals surface area contributed by atoms with E-state index in [2.05, 4.69) is 26.2 Å². The molecular weight excluding hydrogens is 286 g/mol. The first-order valence-corrected chi connectivity index (χ1v) is 5.89. The number of amides is 1. The number of hydrogen-bond acceptors (Lipinski definition) is 4. The van der Waals surface area contributed by atoms with Gasteiger partial charge in [0.2, 0.25) is 5.91 Å². The van der Waals surface area contributed by atoms with E-state index in [1.807, 2.05) is 19.1 Å². The number of rotatable bonds is 3. The number of anilines is 1. The fourth-order valence-corrected chi connectivity index (χ4v) is 1.70. The Bertz CT molecular complexity index is 540. The van der Waals surface area contributed by atoms with Crippen molar-refractivity contribution in [2.24, 2.45) is 5.73 Å². The molecule has 1 heterocycles. The van der Waals surface area contributed by atoms with Crippen LogP contribution in [0.2, 0.25) is 0 Å². The zero-order valence-electron chi connectivity index (χ0n) is 9.45. The van der Waals surface area contributed by atoms with Crippen molar-refractivity contribution in [2.75, 3.05) is 5.32 Å². The van der Waals surface area contributed by atoms with Crippen molar-refractivity contribution < 1.29 is 9.21 Å². The summed E-state index contributed by atoms with van der Waals surface area (Å²) in [5.74, 6) is -0.454. The van der Waals surface area contributed by atoms with Gasteiger partial charge in [0, 0.05) is 4.47 Å². The van der Waals surface area contributed by atoms with Crippen LogP contribution < -0.4 is 11.1 Å². The number of aromatic nitrogens is 1. The highest BCUT2D eigenvalue weighted by molar-refractivity contribution is 9.10. The van der Waals surface area contributed by atoms with Gasteiger partial charge in [0.15, 0.2) is 5.58 Å². The van der Waals surface area contributed by atoms with Gasteiger partial charge in [-0.3, -0.25) is 4.79 Å². The van der Waals surface area contributed by atoms with Crippen molar-refractivity contribution in [1.29, 1.82) is 0 Å². The lowest BCUT2D eigenvalue weighted by molar-refractivity contribution is -0.118. The minimum Gasteiger partial charge on any atom is -0.424 e. The van der Waals surface area contributed by atoms with E-state index in [1.165, 1.54) is 0 Å². The Morgan fingerprint density at radius 3 is 2.94 bits per heavy atom. The van der Waals surface area contributed by atoms with E-state index in [-0.39, 0.29) is 0 Å². The van der Waals surface area contributed by atoms with Gasteiger partial charge in [-0.15, -0.1) is 0 Å². The Labute approximate surface area is 107 Å². The van der Waals surface area contributed by atoms with Gasteiger partial charge in [-0.1, -0.05) is 15.9 Å². The molecule has 5 nitrogen and oxygen atoms in total. The second-order valence-corrected chi connectivity index (χ2v) is 4.71. The number of primary amides is 1. The van der Waals surface area contributed by atoms with E-state index < -0.39 is 11.9 Å². The molecule has 1 aromatic heterocycles. The summed E-state index contributed by atoms with van der Waals surface area (Å²) in [6.07, 6.45) is 0. The van der Waals surface area contributed by atoms with E-state index >= 15 is 0 Å². The normalized spacial score (nSPS) is 12.6. The predicted octanol–water partition coefficient (Wildman–Crippen LogP) is 2.18. The smallest absolute Gasteiger partial charge is 0.296 e. The average molecular weight is 298 g/mol. The predicted molar refractivity (Wildman–Crippen MR) is 68.7 cm³/mol. The van der Waals surface area contributed by atoms with Crippen LogP contribution in [-0.2, 0) is 4.79 Å². The quantitative estimate of drug-likeness (QED) is 0.910. The number of nitrogens with one attached hydrogen (secondary N) is 1. The maximum atomic E-state index is 10.9. The molecule has 17 heavy (non-hydrogen) atoms. The summed E-state index contributed by atoms with van der Waals surface area (Å²) >= 11 is 3.42. The van der Waals surface area contributed by atoms with E-state index in [1.54, 1.807) is 6.92 Å². The zero-order chi connectivity index (χ0) is 12.6. The fourth-order valence-electron chi connectivity index (χ4n) is 1.37. The van der Waals surface area contributed by atoms with Crippen molar-refractivity contribution in [2.45, 2.75) is 19.9 Å². The summed E-state index contributed by atoms with van der Waals surface area (Å²) in [5.41, 5.74) is 7.60. The molecule has 6 heteroatoms. The molecule has 1 amide bonds. The SMILES string of the molecule is Cc1cc2oc(N[C@@H](C)C(N)=O)nc2cc1Br. The molecule has 0 bridgehead atoms. The molecule has 1 atom stereocenters. The molecule has 0 saturated carbocycles. The number of halogens is 1. The molecule has 0 aliphatic heterocycles. The summed E-state index contributed by atoms with van der Waals surface area (Å²) in [4.78, 5) is 15.1. The number of carbonyl (C=O) groups is 1. The molecule has 1 aromatic carbocycles. The molecule has 90 valence electrons. The zero-order valence-corrected chi connectivity index (χ0v) is 11.0. The highest BCUT2D eigenvalue weighted by atomic mass is 79.9.